The van der Waals surface area contributed by atoms with E-state index in [1.54, 1.807) is 11.1 Å². The number of rotatable bonds is 1. The first-order valence-electron chi connectivity index (χ1n) is 5.87. The Morgan fingerprint density at radius 1 is 1.20 bits per heavy atom. The fourth-order valence-corrected chi connectivity index (χ4v) is 3.69. The second kappa shape index (κ2) is 4.18. The van der Waals surface area contributed by atoms with E-state index in [0.29, 0.717) is 5.25 Å². The van der Waals surface area contributed by atoms with Crippen molar-refractivity contribution in [2.75, 3.05) is 18.8 Å². The van der Waals surface area contributed by atoms with E-state index in [4.69, 9.17) is 0 Å². The molecule has 0 bridgehead atoms. The summed E-state index contributed by atoms with van der Waals surface area (Å²) in [5.41, 5.74) is 4.74. The van der Waals surface area contributed by atoms with Crippen molar-refractivity contribution in [3.63, 3.8) is 0 Å². The van der Waals surface area contributed by atoms with Crippen molar-refractivity contribution in [1.29, 1.82) is 0 Å². The Kier molecular flexibility index (Phi) is 2.72. The molecule has 15 heavy (non-hydrogen) atoms. The van der Waals surface area contributed by atoms with Crippen LogP contribution in [0.15, 0.2) is 18.2 Å². The molecule has 0 aromatic heterocycles. The summed E-state index contributed by atoms with van der Waals surface area (Å²) >= 11 is 2.10. The first-order valence-corrected chi connectivity index (χ1v) is 6.92. The Labute approximate surface area is 95.6 Å². The molecule has 0 spiro atoms. The molecule has 1 aliphatic carbocycles. The molecule has 0 radical (unpaired) electrons. The Bertz CT molecular complexity index is 356. The highest BCUT2D eigenvalue weighted by atomic mass is 32.2. The number of nitrogens with one attached hydrogen (secondary N) is 1. The quantitative estimate of drug-likeness (QED) is 0.779. The summed E-state index contributed by atoms with van der Waals surface area (Å²) in [5.74, 6) is 1.25. The Hall–Kier alpha value is -0.470. The molecule has 2 heteroatoms. The number of fused-ring (bicyclic) bond motifs is 1. The standard InChI is InChI=1S/C13H17NS/c1-2-10-4-5-12(8-11(10)3-1)13-9-14-6-7-15-13/h4-5,8,13-14H,1-3,6-7,9H2. The van der Waals surface area contributed by atoms with Gasteiger partial charge in [0.2, 0.25) is 0 Å². The van der Waals surface area contributed by atoms with Crippen molar-refractivity contribution in [3.8, 4) is 0 Å². The molecule has 1 unspecified atom stereocenters. The van der Waals surface area contributed by atoms with Crippen LogP contribution in [0, 0.1) is 0 Å². The minimum Gasteiger partial charge on any atom is -0.314 e. The van der Waals surface area contributed by atoms with Crippen molar-refractivity contribution in [3.05, 3.63) is 34.9 Å². The van der Waals surface area contributed by atoms with Crippen LogP contribution in [0.2, 0.25) is 0 Å². The second-order valence-corrected chi connectivity index (χ2v) is 5.76. The number of hydrogen-bond acceptors (Lipinski definition) is 2. The molecular formula is C13H17NS. The lowest BCUT2D eigenvalue weighted by Crippen LogP contribution is -2.28. The summed E-state index contributed by atoms with van der Waals surface area (Å²) in [5, 5.41) is 4.17. The van der Waals surface area contributed by atoms with Crippen LogP contribution < -0.4 is 5.32 Å². The van der Waals surface area contributed by atoms with Crippen LogP contribution in [0.5, 0.6) is 0 Å². The van der Waals surface area contributed by atoms with Gasteiger partial charge in [-0.25, -0.2) is 0 Å². The van der Waals surface area contributed by atoms with E-state index in [-0.39, 0.29) is 0 Å². The molecule has 1 aliphatic heterocycles. The summed E-state index contributed by atoms with van der Waals surface area (Å²) in [7, 11) is 0. The van der Waals surface area contributed by atoms with Crippen molar-refractivity contribution in [2.24, 2.45) is 0 Å². The van der Waals surface area contributed by atoms with Crippen LogP contribution in [0.25, 0.3) is 0 Å². The van der Waals surface area contributed by atoms with Gasteiger partial charge in [0.25, 0.3) is 0 Å². The largest absolute Gasteiger partial charge is 0.314 e. The molecular weight excluding hydrogens is 202 g/mol. The molecule has 0 saturated carbocycles. The van der Waals surface area contributed by atoms with E-state index < -0.39 is 0 Å². The van der Waals surface area contributed by atoms with Crippen LogP contribution >= 0.6 is 11.8 Å². The summed E-state index contributed by atoms with van der Waals surface area (Å²) in [4.78, 5) is 0. The van der Waals surface area contributed by atoms with Crippen molar-refractivity contribution < 1.29 is 0 Å². The van der Waals surface area contributed by atoms with Gasteiger partial charge in [0.05, 0.1) is 0 Å². The summed E-state index contributed by atoms with van der Waals surface area (Å²) in [6.45, 7) is 2.32. The van der Waals surface area contributed by atoms with E-state index >= 15 is 0 Å². The maximum absolute atomic E-state index is 3.48. The zero-order valence-corrected chi connectivity index (χ0v) is 9.78. The Morgan fingerprint density at radius 2 is 2.13 bits per heavy atom. The van der Waals surface area contributed by atoms with Crippen molar-refractivity contribution in [1.82, 2.24) is 5.32 Å². The third-order valence-electron chi connectivity index (χ3n) is 3.42. The minimum absolute atomic E-state index is 0.685. The minimum atomic E-state index is 0.685. The Balaban J connectivity index is 1.85. The number of thioether (sulfide) groups is 1. The maximum atomic E-state index is 3.48. The monoisotopic (exact) mass is 219 g/mol. The third kappa shape index (κ3) is 1.93. The second-order valence-electron chi connectivity index (χ2n) is 4.45. The van der Waals surface area contributed by atoms with Gasteiger partial charge in [0.15, 0.2) is 0 Å². The van der Waals surface area contributed by atoms with Crippen LogP contribution in [0.3, 0.4) is 0 Å². The van der Waals surface area contributed by atoms with Gasteiger partial charge in [-0.3, -0.25) is 0 Å². The molecule has 1 aromatic carbocycles. The SMILES string of the molecule is c1cc2c(cc1C1CNCCS1)CCC2. The van der Waals surface area contributed by atoms with Crippen molar-refractivity contribution >= 4 is 11.8 Å². The van der Waals surface area contributed by atoms with Gasteiger partial charge < -0.3 is 5.32 Å². The smallest absolute Gasteiger partial charge is 0.0422 e. The number of aryl methyl sites for hydroxylation is 2. The van der Waals surface area contributed by atoms with E-state index in [2.05, 4.69) is 35.3 Å². The molecule has 80 valence electrons. The van der Waals surface area contributed by atoms with Crippen LogP contribution in [-0.2, 0) is 12.8 Å². The summed E-state index contributed by atoms with van der Waals surface area (Å²) in [6, 6.07) is 7.15. The third-order valence-corrected chi connectivity index (χ3v) is 4.70. The lowest BCUT2D eigenvalue weighted by atomic mass is 10.0. The number of benzene rings is 1. The van der Waals surface area contributed by atoms with E-state index in [9.17, 15) is 0 Å². The van der Waals surface area contributed by atoms with Gasteiger partial charge in [0.1, 0.15) is 0 Å². The molecule has 1 saturated heterocycles. The van der Waals surface area contributed by atoms with Gasteiger partial charge in [-0.15, -0.1) is 0 Å². The Morgan fingerprint density at radius 3 is 3.00 bits per heavy atom. The maximum Gasteiger partial charge on any atom is 0.0422 e. The molecule has 0 amide bonds. The lowest BCUT2D eigenvalue weighted by Gasteiger charge is -2.23. The van der Waals surface area contributed by atoms with E-state index in [1.807, 2.05) is 0 Å². The zero-order valence-electron chi connectivity index (χ0n) is 8.96. The topological polar surface area (TPSA) is 12.0 Å². The molecule has 3 rings (SSSR count). The fraction of sp³-hybridized carbons (Fsp3) is 0.538. The van der Waals surface area contributed by atoms with Gasteiger partial charge in [-0.1, -0.05) is 18.2 Å². The highest BCUT2D eigenvalue weighted by molar-refractivity contribution is 7.99. The average Bonchev–Trinajstić information content (AvgIpc) is 2.77. The molecule has 1 nitrogen and oxygen atoms in total. The fourth-order valence-electron chi connectivity index (χ4n) is 2.57. The molecule has 1 aromatic rings. The van der Waals surface area contributed by atoms with Crippen LogP contribution in [0.1, 0.15) is 28.4 Å². The normalized spacial score (nSPS) is 25.2. The van der Waals surface area contributed by atoms with E-state index in [1.165, 1.54) is 37.1 Å². The predicted molar refractivity (Wildman–Crippen MR) is 66.5 cm³/mol. The molecule has 1 heterocycles. The number of hydrogen-bond donors (Lipinski definition) is 1. The lowest BCUT2D eigenvalue weighted by molar-refractivity contribution is 0.689. The van der Waals surface area contributed by atoms with Crippen LogP contribution in [-0.4, -0.2) is 18.8 Å². The first-order chi connectivity index (χ1) is 7.43. The summed E-state index contributed by atoms with van der Waals surface area (Å²) < 4.78 is 0. The van der Waals surface area contributed by atoms with Gasteiger partial charge in [-0.2, -0.15) is 11.8 Å². The van der Waals surface area contributed by atoms with Gasteiger partial charge in [-0.05, 0) is 36.0 Å². The molecule has 1 fully saturated rings. The van der Waals surface area contributed by atoms with Crippen LogP contribution in [0.4, 0.5) is 0 Å². The first kappa shape index (κ1) is 9.73. The predicted octanol–water partition coefficient (Wildman–Crippen LogP) is 2.55. The van der Waals surface area contributed by atoms with Gasteiger partial charge >= 0.3 is 0 Å². The molecule has 2 aliphatic rings. The zero-order chi connectivity index (χ0) is 10.1. The summed E-state index contributed by atoms with van der Waals surface area (Å²) in [6.07, 6.45) is 3.95. The average molecular weight is 219 g/mol. The van der Waals surface area contributed by atoms with Crippen molar-refractivity contribution in [2.45, 2.75) is 24.5 Å². The molecule has 1 atom stereocenters. The van der Waals surface area contributed by atoms with E-state index in [0.717, 1.165) is 6.54 Å². The highest BCUT2D eigenvalue weighted by Crippen LogP contribution is 2.33. The highest BCUT2D eigenvalue weighted by Gasteiger charge is 2.18. The molecule has 1 N–H and O–H groups in total. The van der Waals surface area contributed by atoms with Gasteiger partial charge in [0, 0.05) is 24.1 Å².